The van der Waals surface area contributed by atoms with Crippen molar-refractivity contribution in [1.82, 2.24) is 10.6 Å². The number of carbonyl (C=O) groups is 2. The summed E-state index contributed by atoms with van der Waals surface area (Å²) in [4.78, 5) is 23.7. The summed E-state index contributed by atoms with van der Waals surface area (Å²) in [5, 5.41) is 5.39. The molecule has 0 spiro atoms. The summed E-state index contributed by atoms with van der Waals surface area (Å²) in [5.41, 5.74) is 0.910. The third-order valence-electron chi connectivity index (χ3n) is 3.54. The van der Waals surface area contributed by atoms with Crippen molar-refractivity contribution < 1.29 is 19.1 Å². The average Bonchev–Trinajstić information content (AvgIpc) is 2.56. The van der Waals surface area contributed by atoms with Crippen LogP contribution in [0.3, 0.4) is 0 Å². The molecule has 0 heterocycles. The molecule has 0 aliphatic carbocycles. The van der Waals surface area contributed by atoms with E-state index in [-0.39, 0.29) is 5.92 Å². The highest BCUT2D eigenvalue weighted by molar-refractivity contribution is 5.83. The fourth-order valence-electron chi connectivity index (χ4n) is 1.95. The Morgan fingerprint density at radius 3 is 2.59 bits per heavy atom. The number of urea groups is 1. The first kappa shape index (κ1) is 17.8. The zero-order valence-electron chi connectivity index (χ0n) is 13.5. The van der Waals surface area contributed by atoms with Gasteiger partial charge in [0.2, 0.25) is 0 Å². The molecule has 1 aromatic carbocycles. The van der Waals surface area contributed by atoms with E-state index in [9.17, 15) is 9.59 Å². The van der Waals surface area contributed by atoms with E-state index in [2.05, 4.69) is 10.6 Å². The van der Waals surface area contributed by atoms with Crippen molar-refractivity contribution in [3.05, 3.63) is 29.8 Å². The number of rotatable bonds is 7. The van der Waals surface area contributed by atoms with E-state index in [1.54, 1.807) is 7.11 Å². The van der Waals surface area contributed by atoms with Crippen LogP contribution < -0.4 is 15.4 Å². The van der Waals surface area contributed by atoms with E-state index < -0.39 is 18.0 Å². The highest BCUT2D eigenvalue weighted by atomic mass is 16.5. The molecule has 0 aliphatic heterocycles. The van der Waals surface area contributed by atoms with Crippen LogP contribution in [-0.2, 0) is 16.1 Å². The Labute approximate surface area is 131 Å². The molecular weight excluding hydrogens is 284 g/mol. The lowest BCUT2D eigenvalue weighted by atomic mass is 9.99. The minimum absolute atomic E-state index is 0.00461. The van der Waals surface area contributed by atoms with Gasteiger partial charge in [0.05, 0.1) is 14.2 Å². The van der Waals surface area contributed by atoms with Gasteiger partial charge in [-0.1, -0.05) is 32.4 Å². The molecule has 6 heteroatoms. The zero-order valence-corrected chi connectivity index (χ0v) is 13.5. The van der Waals surface area contributed by atoms with Crippen LogP contribution >= 0.6 is 0 Å². The number of nitrogens with one attached hydrogen (secondary N) is 2. The quantitative estimate of drug-likeness (QED) is 0.756. The van der Waals surface area contributed by atoms with Gasteiger partial charge < -0.3 is 20.1 Å². The van der Waals surface area contributed by atoms with Gasteiger partial charge in [-0.25, -0.2) is 9.59 Å². The second-order valence-corrected chi connectivity index (χ2v) is 5.06. The Morgan fingerprint density at radius 2 is 2.00 bits per heavy atom. The van der Waals surface area contributed by atoms with Crippen LogP contribution in [0.5, 0.6) is 5.75 Å². The average molecular weight is 308 g/mol. The first-order chi connectivity index (χ1) is 10.5. The minimum Gasteiger partial charge on any atom is -0.497 e. The topological polar surface area (TPSA) is 76.7 Å². The van der Waals surface area contributed by atoms with Gasteiger partial charge in [0.25, 0.3) is 0 Å². The molecule has 2 amide bonds. The van der Waals surface area contributed by atoms with E-state index in [0.29, 0.717) is 6.54 Å². The standard InChI is InChI=1S/C16H24N2O4/c1-5-11(2)14(15(19)22-4)18-16(20)17-10-12-7-6-8-13(9-12)21-3/h6-9,11,14H,5,10H2,1-4H3,(H2,17,18,20)/t11?,14-/m0/s1. The number of hydrogen-bond donors (Lipinski definition) is 2. The monoisotopic (exact) mass is 308 g/mol. The summed E-state index contributed by atoms with van der Waals surface area (Å²) in [6.45, 7) is 4.19. The van der Waals surface area contributed by atoms with E-state index in [0.717, 1.165) is 17.7 Å². The van der Waals surface area contributed by atoms with Crippen molar-refractivity contribution in [3.8, 4) is 5.75 Å². The maximum atomic E-state index is 12.0. The number of amides is 2. The Balaban J connectivity index is 2.58. The predicted octanol–water partition coefficient (Wildman–Crippen LogP) is 2.08. The van der Waals surface area contributed by atoms with Gasteiger partial charge in [-0.3, -0.25) is 0 Å². The summed E-state index contributed by atoms with van der Waals surface area (Å²) < 4.78 is 9.86. The van der Waals surface area contributed by atoms with Crippen LogP contribution in [0.2, 0.25) is 0 Å². The molecule has 1 unspecified atom stereocenters. The molecule has 6 nitrogen and oxygen atoms in total. The molecule has 0 bridgehead atoms. The van der Waals surface area contributed by atoms with Gasteiger partial charge in [0.1, 0.15) is 11.8 Å². The lowest BCUT2D eigenvalue weighted by Gasteiger charge is -2.22. The molecule has 1 rings (SSSR count). The fourth-order valence-corrected chi connectivity index (χ4v) is 1.95. The maximum absolute atomic E-state index is 12.0. The second-order valence-electron chi connectivity index (χ2n) is 5.06. The van der Waals surface area contributed by atoms with Crippen molar-refractivity contribution in [2.75, 3.05) is 14.2 Å². The molecule has 2 atom stereocenters. The molecule has 122 valence electrons. The molecule has 0 radical (unpaired) electrons. The second kappa shape index (κ2) is 8.92. The summed E-state index contributed by atoms with van der Waals surface area (Å²) in [7, 11) is 2.90. The molecule has 0 saturated carbocycles. The lowest BCUT2D eigenvalue weighted by molar-refractivity contribution is -0.144. The molecule has 2 N–H and O–H groups in total. The van der Waals surface area contributed by atoms with Gasteiger partial charge >= 0.3 is 12.0 Å². The van der Waals surface area contributed by atoms with Gasteiger partial charge in [-0.2, -0.15) is 0 Å². The van der Waals surface area contributed by atoms with Crippen molar-refractivity contribution in [1.29, 1.82) is 0 Å². The number of methoxy groups -OCH3 is 2. The smallest absolute Gasteiger partial charge is 0.328 e. The van der Waals surface area contributed by atoms with E-state index in [1.165, 1.54) is 7.11 Å². The third-order valence-corrected chi connectivity index (χ3v) is 3.54. The summed E-state index contributed by atoms with van der Waals surface area (Å²) >= 11 is 0. The number of benzene rings is 1. The molecule has 1 aromatic rings. The van der Waals surface area contributed by atoms with Crippen LogP contribution in [0.25, 0.3) is 0 Å². The van der Waals surface area contributed by atoms with Crippen LogP contribution in [0.15, 0.2) is 24.3 Å². The Kier molecular flexibility index (Phi) is 7.22. The number of esters is 1. The minimum atomic E-state index is -0.652. The van der Waals surface area contributed by atoms with Gasteiger partial charge in [-0.15, -0.1) is 0 Å². The maximum Gasteiger partial charge on any atom is 0.328 e. The molecule has 0 saturated heterocycles. The van der Waals surface area contributed by atoms with Crippen LogP contribution in [0.1, 0.15) is 25.8 Å². The molecule has 0 aliphatic rings. The van der Waals surface area contributed by atoms with Crippen molar-refractivity contribution in [3.63, 3.8) is 0 Å². The summed E-state index contributed by atoms with van der Waals surface area (Å²) in [5.74, 6) is 0.285. The highest BCUT2D eigenvalue weighted by Gasteiger charge is 2.26. The van der Waals surface area contributed by atoms with E-state index >= 15 is 0 Å². The van der Waals surface area contributed by atoms with Gasteiger partial charge in [-0.05, 0) is 23.6 Å². The molecule has 0 fully saturated rings. The Morgan fingerprint density at radius 1 is 1.27 bits per heavy atom. The fraction of sp³-hybridized carbons (Fsp3) is 0.500. The molecule has 22 heavy (non-hydrogen) atoms. The zero-order chi connectivity index (χ0) is 16.5. The van der Waals surface area contributed by atoms with Gasteiger partial charge in [0.15, 0.2) is 0 Å². The van der Waals surface area contributed by atoms with Crippen molar-refractivity contribution in [2.24, 2.45) is 5.92 Å². The number of ether oxygens (including phenoxy) is 2. The van der Waals surface area contributed by atoms with Crippen molar-refractivity contribution in [2.45, 2.75) is 32.9 Å². The Bertz CT molecular complexity index is 505. The first-order valence-corrected chi connectivity index (χ1v) is 7.26. The Hall–Kier alpha value is -2.24. The van der Waals surface area contributed by atoms with E-state index in [4.69, 9.17) is 9.47 Å². The number of carbonyl (C=O) groups excluding carboxylic acids is 2. The van der Waals surface area contributed by atoms with Crippen LogP contribution in [-0.4, -0.2) is 32.3 Å². The predicted molar refractivity (Wildman–Crippen MR) is 83.6 cm³/mol. The first-order valence-electron chi connectivity index (χ1n) is 7.26. The van der Waals surface area contributed by atoms with Crippen molar-refractivity contribution >= 4 is 12.0 Å². The highest BCUT2D eigenvalue weighted by Crippen LogP contribution is 2.12. The number of hydrogen-bond acceptors (Lipinski definition) is 4. The normalized spacial score (nSPS) is 12.9. The third kappa shape index (κ3) is 5.27. The van der Waals surface area contributed by atoms with Crippen LogP contribution in [0, 0.1) is 5.92 Å². The van der Waals surface area contributed by atoms with Gasteiger partial charge in [0, 0.05) is 6.54 Å². The van der Waals surface area contributed by atoms with Crippen LogP contribution in [0.4, 0.5) is 4.79 Å². The largest absolute Gasteiger partial charge is 0.497 e. The SMILES string of the molecule is CCC(C)[C@H](NC(=O)NCc1cccc(OC)c1)C(=O)OC. The molecule has 0 aromatic heterocycles. The van der Waals surface area contributed by atoms with E-state index in [1.807, 2.05) is 38.1 Å². The summed E-state index contributed by atoms with van der Waals surface area (Å²) in [6.07, 6.45) is 0.760. The summed E-state index contributed by atoms with van der Waals surface area (Å²) in [6, 6.07) is 6.35. The molecular formula is C16H24N2O4. The lowest BCUT2D eigenvalue weighted by Crippen LogP contribution is -2.49.